The lowest BCUT2D eigenvalue weighted by Gasteiger charge is -2.15. The number of aliphatic imine (C=N–C) groups is 1. The lowest BCUT2D eigenvalue weighted by molar-refractivity contribution is -0.130. The molecule has 0 fully saturated rings. The third kappa shape index (κ3) is 1.55. The molecule has 0 bridgehead atoms. The molecular weight excluding hydrogens is 154 g/mol. The Morgan fingerprint density at radius 3 is 2.25 bits per heavy atom. The number of carbonyl (C=O) groups is 1. The van der Waals surface area contributed by atoms with E-state index in [0.29, 0.717) is 11.6 Å². The van der Waals surface area contributed by atoms with Gasteiger partial charge in [0.25, 0.3) is 0 Å². The molecule has 0 unspecified atom stereocenters. The van der Waals surface area contributed by atoms with Gasteiger partial charge in [-0.15, -0.1) is 0 Å². The molecule has 0 spiro atoms. The van der Waals surface area contributed by atoms with Crippen molar-refractivity contribution in [3.05, 3.63) is 11.8 Å². The van der Waals surface area contributed by atoms with Crippen molar-refractivity contribution in [2.24, 2.45) is 10.4 Å². The van der Waals surface area contributed by atoms with Gasteiger partial charge in [-0.05, 0) is 6.92 Å². The standard InChI is InChI=1S/C9H13NO2/c1-5-6-7(11)12-8(10-6)9(2,3)4/h5H,1-4H3. The largest absolute Gasteiger partial charge is 0.406 e. The lowest BCUT2D eigenvalue weighted by Crippen LogP contribution is -2.21. The normalized spacial score (nSPS) is 21.2. The average molecular weight is 167 g/mol. The smallest absolute Gasteiger partial charge is 0.363 e. The molecule has 0 saturated carbocycles. The molecule has 0 atom stereocenters. The minimum atomic E-state index is -0.345. The first kappa shape index (κ1) is 8.97. The summed E-state index contributed by atoms with van der Waals surface area (Å²) in [5, 5.41) is 0. The molecule has 1 aliphatic heterocycles. The summed E-state index contributed by atoms with van der Waals surface area (Å²) < 4.78 is 4.97. The summed E-state index contributed by atoms with van der Waals surface area (Å²) in [5.41, 5.74) is 0.209. The van der Waals surface area contributed by atoms with Crippen LogP contribution in [0.5, 0.6) is 0 Å². The van der Waals surface area contributed by atoms with Crippen LogP contribution in [0.2, 0.25) is 0 Å². The molecule has 0 aromatic heterocycles. The van der Waals surface area contributed by atoms with Gasteiger partial charge < -0.3 is 4.74 Å². The molecule has 0 aliphatic carbocycles. The first-order valence-corrected chi connectivity index (χ1v) is 3.93. The number of allylic oxidation sites excluding steroid dienone is 1. The molecule has 66 valence electrons. The lowest BCUT2D eigenvalue weighted by atomic mass is 9.97. The first-order valence-electron chi connectivity index (χ1n) is 3.93. The number of cyclic esters (lactones) is 1. The maximum Gasteiger partial charge on any atom is 0.363 e. The molecule has 0 amide bonds. The van der Waals surface area contributed by atoms with E-state index in [-0.39, 0.29) is 11.4 Å². The van der Waals surface area contributed by atoms with Crippen LogP contribution in [0.25, 0.3) is 0 Å². The fraction of sp³-hybridized carbons (Fsp3) is 0.556. The minimum absolute atomic E-state index is 0.194. The number of rotatable bonds is 0. The number of hydrogen-bond acceptors (Lipinski definition) is 3. The summed E-state index contributed by atoms with van der Waals surface area (Å²) in [5.74, 6) is 0.156. The third-order valence-corrected chi connectivity index (χ3v) is 1.54. The summed E-state index contributed by atoms with van der Waals surface area (Å²) in [6, 6.07) is 0. The number of esters is 1. The van der Waals surface area contributed by atoms with Crippen molar-refractivity contribution in [1.29, 1.82) is 0 Å². The van der Waals surface area contributed by atoms with Crippen molar-refractivity contribution < 1.29 is 9.53 Å². The maximum absolute atomic E-state index is 11.1. The van der Waals surface area contributed by atoms with Crippen LogP contribution in [0.3, 0.4) is 0 Å². The number of nitrogens with zero attached hydrogens (tertiary/aromatic N) is 1. The van der Waals surface area contributed by atoms with Gasteiger partial charge in [0, 0.05) is 5.41 Å². The van der Waals surface area contributed by atoms with Gasteiger partial charge in [0.15, 0.2) is 0 Å². The fourth-order valence-electron chi connectivity index (χ4n) is 0.821. The van der Waals surface area contributed by atoms with Gasteiger partial charge >= 0.3 is 5.97 Å². The van der Waals surface area contributed by atoms with E-state index in [0.717, 1.165) is 0 Å². The Balaban J connectivity index is 2.94. The molecule has 0 saturated heterocycles. The van der Waals surface area contributed by atoms with Gasteiger partial charge in [0.2, 0.25) is 5.90 Å². The Bertz CT molecular complexity index is 269. The molecule has 0 N–H and O–H groups in total. The molecule has 3 nitrogen and oxygen atoms in total. The third-order valence-electron chi connectivity index (χ3n) is 1.54. The highest BCUT2D eigenvalue weighted by Crippen LogP contribution is 2.24. The van der Waals surface area contributed by atoms with Crippen molar-refractivity contribution in [2.75, 3.05) is 0 Å². The molecule has 0 aromatic carbocycles. The zero-order valence-electron chi connectivity index (χ0n) is 7.84. The minimum Gasteiger partial charge on any atom is -0.406 e. The molecule has 1 heterocycles. The maximum atomic E-state index is 11.1. The van der Waals surface area contributed by atoms with Gasteiger partial charge in [0.05, 0.1) is 0 Å². The summed E-state index contributed by atoms with van der Waals surface area (Å²) in [4.78, 5) is 15.1. The van der Waals surface area contributed by atoms with E-state index in [1.54, 1.807) is 13.0 Å². The highest BCUT2D eigenvalue weighted by molar-refractivity contribution is 6.06. The Hall–Kier alpha value is -1.12. The Morgan fingerprint density at radius 1 is 1.42 bits per heavy atom. The summed E-state index contributed by atoms with van der Waals surface area (Å²) in [6.07, 6.45) is 1.65. The number of ether oxygens (including phenoxy) is 1. The molecule has 0 radical (unpaired) electrons. The second kappa shape index (κ2) is 2.73. The first-order chi connectivity index (χ1) is 5.45. The second-order valence-electron chi connectivity index (χ2n) is 3.73. The monoisotopic (exact) mass is 167 g/mol. The fourth-order valence-corrected chi connectivity index (χ4v) is 0.821. The van der Waals surface area contributed by atoms with E-state index in [9.17, 15) is 4.79 Å². The van der Waals surface area contributed by atoms with Crippen molar-refractivity contribution in [2.45, 2.75) is 27.7 Å². The predicted molar refractivity (Wildman–Crippen MR) is 46.7 cm³/mol. The number of carbonyl (C=O) groups excluding carboxylic acids is 1. The zero-order chi connectivity index (χ0) is 9.35. The van der Waals surface area contributed by atoms with Crippen LogP contribution in [0.1, 0.15) is 27.7 Å². The van der Waals surface area contributed by atoms with Crippen molar-refractivity contribution in [3.8, 4) is 0 Å². The van der Waals surface area contributed by atoms with E-state index >= 15 is 0 Å². The van der Waals surface area contributed by atoms with Crippen LogP contribution >= 0.6 is 0 Å². The van der Waals surface area contributed by atoms with Crippen LogP contribution in [0.4, 0.5) is 0 Å². The molecule has 3 heteroatoms. The van der Waals surface area contributed by atoms with Crippen LogP contribution in [0.15, 0.2) is 16.8 Å². The molecule has 0 aromatic rings. The highest BCUT2D eigenvalue weighted by atomic mass is 16.6. The molecule has 12 heavy (non-hydrogen) atoms. The average Bonchev–Trinajstić information content (AvgIpc) is 2.29. The topological polar surface area (TPSA) is 38.7 Å². The molecule has 1 aliphatic rings. The van der Waals surface area contributed by atoms with E-state index in [2.05, 4.69) is 4.99 Å². The van der Waals surface area contributed by atoms with Gasteiger partial charge in [-0.2, -0.15) is 0 Å². The Morgan fingerprint density at radius 2 is 2.00 bits per heavy atom. The van der Waals surface area contributed by atoms with Gasteiger partial charge in [0.1, 0.15) is 5.70 Å². The van der Waals surface area contributed by atoms with Crippen molar-refractivity contribution in [1.82, 2.24) is 0 Å². The Labute approximate surface area is 72.1 Å². The molecular formula is C9H13NO2. The highest BCUT2D eigenvalue weighted by Gasteiger charge is 2.30. The SMILES string of the molecule is CC=C1N=C(C(C)(C)C)OC1=O. The van der Waals surface area contributed by atoms with Crippen LogP contribution in [0, 0.1) is 5.41 Å². The van der Waals surface area contributed by atoms with Crippen LogP contribution in [-0.2, 0) is 9.53 Å². The van der Waals surface area contributed by atoms with E-state index in [4.69, 9.17) is 4.74 Å². The molecule has 1 rings (SSSR count). The van der Waals surface area contributed by atoms with E-state index < -0.39 is 0 Å². The predicted octanol–water partition coefficient (Wildman–Crippen LogP) is 1.89. The quantitative estimate of drug-likeness (QED) is 0.408. The van der Waals surface area contributed by atoms with E-state index in [1.165, 1.54) is 0 Å². The summed E-state index contributed by atoms with van der Waals surface area (Å²) in [6.45, 7) is 7.64. The van der Waals surface area contributed by atoms with Crippen molar-refractivity contribution >= 4 is 11.9 Å². The van der Waals surface area contributed by atoms with Gasteiger partial charge in [-0.3, -0.25) is 0 Å². The second-order valence-corrected chi connectivity index (χ2v) is 3.73. The van der Waals surface area contributed by atoms with Gasteiger partial charge in [-0.1, -0.05) is 26.8 Å². The number of hydrogen-bond donors (Lipinski definition) is 0. The van der Waals surface area contributed by atoms with Gasteiger partial charge in [-0.25, -0.2) is 9.79 Å². The summed E-state index contributed by atoms with van der Waals surface area (Å²) >= 11 is 0. The Kier molecular flexibility index (Phi) is 2.04. The van der Waals surface area contributed by atoms with Crippen LogP contribution < -0.4 is 0 Å². The van der Waals surface area contributed by atoms with E-state index in [1.807, 2.05) is 20.8 Å². The summed E-state index contributed by atoms with van der Waals surface area (Å²) in [7, 11) is 0. The van der Waals surface area contributed by atoms with Crippen LogP contribution in [-0.4, -0.2) is 11.9 Å². The zero-order valence-corrected chi connectivity index (χ0v) is 7.84. The van der Waals surface area contributed by atoms with Crippen molar-refractivity contribution in [3.63, 3.8) is 0 Å².